The molecule has 1 N–H and O–H groups in total. The van der Waals surface area contributed by atoms with E-state index in [1.54, 1.807) is 30.7 Å². The molecule has 1 fully saturated rings. The third-order valence-electron chi connectivity index (χ3n) is 5.44. The largest absolute Gasteiger partial charge is 0.338 e. The third-order valence-corrected chi connectivity index (χ3v) is 6.12. The van der Waals surface area contributed by atoms with Gasteiger partial charge in [0.2, 0.25) is 0 Å². The van der Waals surface area contributed by atoms with E-state index in [1.165, 1.54) is 11.3 Å². The minimum absolute atomic E-state index is 0.0295. The highest BCUT2D eigenvalue weighted by Gasteiger charge is 2.30. The van der Waals surface area contributed by atoms with Gasteiger partial charge in [-0.25, -0.2) is 4.98 Å². The second-order valence-electron chi connectivity index (χ2n) is 7.38. The summed E-state index contributed by atoms with van der Waals surface area (Å²) in [5.74, 6) is -0.175. The first-order chi connectivity index (χ1) is 15.2. The summed E-state index contributed by atoms with van der Waals surface area (Å²) in [6, 6.07) is 13.0. The van der Waals surface area contributed by atoms with E-state index in [0.29, 0.717) is 29.3 Å². The molecule has 7 nitrogen and oxygen atoms in total. The van der Waals surface area contributed by atoms with Crippen molar-refractivity contribution in [2.24, 2.45) is 0 Å². The normalized spacial score (nSPS) is 15.9. The highest BCUT2D eigenvalue weighted by Crippen LogP contribution is 2.30. The number of hydrogen-bond donors (Lipinski definition) is 1. The second kappa shape index (κ2) is 8.23. The van der Waals surface area contributed by atoms with E-state index in [9.17, 15) is 9.59 Å². The Labute approximate surface area is 182 Å². The van der Waals surface area contributed by atoms with Crippen LogP contribution in [0.4, 0.5) is 5.13 Å². The van der Waals surface area contributed by atoms with Crippen molar-refractivity contribution in [3.63, 3.8) is 0 Å². The molecule has 0 saturated carbocycles. The predicted octanol–water partition coefficient (Wildman–Crippen LogP) is 3.97. The number of hydrogen-bond acceptors (Lipinski definition) is 6. The smallest absolute Gasteiger partial charge is 0.258 e. The van der Waals surface area contributed by atoms with Crippen LogP contribution in [0.2, 0.25) is 0 Å². The van der Waals surface area contributed by atoms with E-state index in [-0.39, 0.29) is 17.7 Å². The van der Waals surface area contributed by atoms with E-state index in [1.807, 2.05) is 40.6 Å². The lowest BCUT2D eigenvalue weighted by Crippen LogP contribution is -2.28. The molecular formula is C23H19N5O2S. The number of nitrogens with one attached hydrogen (secondary N) is 1. The van der Waals surface area contributed by atoms with Crippen LogP contribution in [0.3, 0.4) is 0 Å². The molecule has 154 valence electrons. The summed E-state index contributed by atoms with van der Waals surface area (Å²) in [5.41, 5.74) is 2.73. The number of thiazole rings is 1. The monoisotopic (exact) mass is 429 g/mol. The second-order valence-corrected chi connectivity index (χ2v) is 8.28. The molecule has 1 aliphatic heterocycles. The summed E-state index contributed by atoms with van der Waals surface area (Å²) in [4.78, 5) is 40.6. The fourth-order valence-electron chi connectivity index (χ4n) is 3.90. The van der Waals surface area contributed by atoms with Gasteiger partial charge in [0.15, 0.2) is 5.13 Å². The van der Waals surface area contributed by atoms with Crippen molar-refractivity contribution in [2.45, 2.75) is 12.3 Å². The molecule has 0 bridgehead atoms. The zero-order valence-electron chi connectivity index (χ0n) is 16.6. The summed E-state index contributed by atoms with van der Waals surface area (Å²) in [5, 5.41) is 6.03. The molecule has 4 aromatic rings. The van der Waals surface area contributed by atoms with Gasteiger partial charge < -0.3 is 4.90 Å². The molecule has 4 heterocycles. The Morgan fingerprint density at radius 3 is 2.84 bits per heavy atom. The molecule has 2 amide bonds. The van der Waals surface area contributed by atoms with Crippen LogP contribution in [-0.2, 0) is 0 Å². The molecule has 1 saturated heterocycles. The van der Waals surface area contributed by atoms with Crippen LogP contribution in [0, 0.1) is 0 Å². The Morgan fingerprint density at radius 2 is 2.03 bits per heavy atom. The van der Waals surface area contributed by atoms with Crippen LogP contribution in [0.15, 0.2) is 66.4 Å². The van der Waals surface area contributed by atoms with Gasteiger partial charge in [-0.2, -0.15) is 0 Å². The maximum atomic E-state index is 13.0. The van der Waals surface area contributed by atoms with Crippen molar-refractivity contribution in [1.29, 1.82) is 0 Å². The van der Waals surface area contributed by atoms with Crippen LogP contribution in [-0.4, -0.2) is 44.8 Å². The van der Waals surface area contributed by atoms with E-state index >= 15 is 0 Å². The number of para-hydroxylation sites is 1. The number of amides is 2. The molecule has 3 aromatic heterocycles. The van der Waals surface area contributed by atoms with Crippen LogP contribution in [0.5, 0.6) is 0 Å². The first-order valence-corrected chi connectivity index (χ1v) is 10.9. The average Bonchev–Trinajstić information content (AvgIpc) is 3.51. The lowest BCUT2D eigenvalue weighted by molar-refractivity contribution is 0.0790. The number of benzene rings is 1. The number of likely N-dealkylation sites (tertiary alicyclic amines) is 1. The fraction of sp³-hybridized carbons (Fsp3) is 0.174. The molecular weight excluding hydrogens is 410 g/mol. The van der Waals surface area contributed by atoms with Crippen molar-refractivity contribution >= 4 is 39.2 Å². The number of aromatic nitrogens is 3. The summed E-state index contributed by atoms with van der Waals surface area (Å²) in [6.45, 7) is 1.21. The first-order valence-electron chi connectivity index (χ1n) is 9.99. The van der Waals surface area contributed by atoms with Crippen molar-refractivity contribution in [3.8, 4) is 0 Å². The molecule has 5 rings (SSSR count). The Morgan fingerprint density at radius 1 is 1.13 bits per heavy atom. The molecule has 0 aliphatic carbocycles. The highest BCUT2D eigenvalue weighted by molar-refractivity contribution is 7.13. The summed E-state index contributed by atoms with van der Waals surface area (Å²) in [6.07, 6.45) is 5.69. The third kappa shape index (κ3) is 3.89. The maximum Gasteiger partial charge on any atom is 0.258 e. The highest BCUT2D eigenvalue weighted by atomic mass is 32.1. The number of anilines is 1. The standard InChI is InChI=1S/C23H19N5O2S/c29-21(27-23-25-9-11-31-23)18-12-20(26-19-6-2-1-5-17(18)19)16-7-10-28(14-16)22(30)15-4-3-8-24-13-15/h1-6,8-9,11-13,16H,7,10,14H2,(H,25,27,29)/t16-/m1/s1. The molecule has 1 aromatic carbocycles. The van der Waals surface area contributed by atoms with Gasteiger partial charge in [0.1, 0.15) is 0 Å². The molecule has 1 atom stereocenters. The lowest BCUT2D eigenvalue weighted by Gasteiger charge is -2.17. The lowest BCUT2D eigenvalue weighted by atomic mass is 9.99. The van der Waals surface area contributed by atoms with E-state index < -0.39 is 0 Å². The van der Waals surface area contributed by atoms with Crippen LogP contribution in [0.25, 0.3) is 10.9 Å². The Balaban J connectivity index is 1.44. The maximum absolute atomic E-state index is 13.0. The van der Waals surface area contributed by atoms with E-state index in [4.69, 9.17) is 4.98 Å². The predicted molar refractivity (Wildman–Crippen MR) is 119 cm³/mol. The number of carbonyl (C=O) groups is 2. The van der Waals surface area contributed by atoms with Crippen molar-refractivity contribution < 1.29 is 9.59 Å². The van der Waals surface area contributed by atoms with Crippen molar-refractivity contribution in [2.75, 3.05) is 18.4 Å². The van der Waals surface area contributed by atoms with Gasteiger partial charge in [-0.15, -0.1) is 11.3 Å². The van der Waals surface area contributed by atoms with Gasteiger partial charge in [0.25, 0.3) is 11.8 Å². The van der Waals surface area contributed by atoms with Gasteiger partial charge in [0, 0.05) is 54.1 Å². The Bertz CT molecular complexity index is 1240. The van der Waals surface area contributed by atoms with Crippen LogP contribution in [0.1, 0.15) is 38.7 Å². The van der Waals surface area contributed by atoms with Crippen LogP contribution < -0.4 is 5.32 Å². The zero-order valence-corrected chi connectivity index (χ0v) is 17.4. The zero-order chi connectivity index (χ0) is 21.2. The van der Waals surface area contributed by atoms with Gasteiger partial charge in [-0.1, -0.05) is 18.2 Å². The average molecular weight is 430 g/mol. The van der Waals surface area contributed by atoms with Gasteiger partial charge in [0.05, 0.1) is 16.6 Å². The van der Waals surface area contributed by atoms with Gasteiger partial charge in [-0.3, -0.25) is 24.9 Å². The number of rotatable bonds is 4. The number of nitrogens with zero attached hydrogens (tertiary/aromatic N) is 4. The molecule has 8 heteroatoms. The Kier molecular flexibility index (Phi) is 5.13. The molecule has 31 heavy (non-hydrogen) atoms. The van der Waals surface area contributed by atoms with Gasteiger partial charge in [-0.05, 0) is 30.7 Å². The van der Waals surface area contributed by atoms with E-state index in [2.05, 4.69) is 15.3 Å². The molecule has 0 unspecified atom stereocenters. The first kappa shape index (κ1) is 19.3. The molecule has 0 spiro atoms. The number of pyridine rings is 2. The quantitative estimate of drug-likeness (QED) is 0.530. The van der Waals surface area contributed by atoms with Crippen molar-refractivity contribution in [1.82, 2.24) is 19.9 Å². The van der Waals surface area contributed by atoms with Crippen molar-refractivity contribution in [3.05, 3.63) is 83.3 Å². The number of carbonyl (C=O) groups excluding carboxylic acids is 2. The molecule has 0 radical (unpaired) electrons. The van der Waals surface area contributed by atoms with E-state index in [0.717, 1.165) is 23.0 Å². The van der Waals surface area contributed by atoms with Gasteiger partial charge >= 0.3 is 0 Å². The fourth-order valence-corrected chi connectivity index (χ4v) is 4.42. The summed E-state index contributed by atoms with van der Waals surface area (Å²) < 4.78 is 0. The summed E-state index contributed by atoms with van der Waals surface area (Å²) in [7, 11) is 0. The molecule has 1 aliphatic rings. The summed E-state index contributed by atoms with van der Waals surface area (Å²) >= 11 is 1.37. The Hall–Kier alpha value is -3.65. The SMILES string of the molecule is O=C(Nc1nccs1)c1cc([C@@H]2CCN(C(=O)c3cccnc3)C2)nc2ccccc12. The minimum atomic E-state index is -0.212. The topological polar surface area (TPSA) is 88.1 Å². The minimum Gasteiger partial charge on any atom is -0.338 e. The number of fused-ring (bicyclic) bond motifs is 1. The van der Waals surface area contributed by atoms with Crippen LogP contribution >= 0.6 is 11.3 Å².